The summed E-state index contributed by atoms with van der Waals surface area (Å²) in [5.74, 6) is 0.280. The highest BCUT2D eigenvalue weighted by atomic mass is 32.1. The minimum atomic E-state index is -0.926. The second-order valence-electron chi connectivity index (χ2n) is 4.39. The number of thiazole rings is 1. The first-order chi connectivity index (χ1) is 10.2. The number of ether oxygens (including phenoxy) is 1. The van der Waals surface area contributed by atoms with Gasteiger partial charge in [-0.1, -0.05) is 12.1 Å². The van der Waals surface area contributed by atoms with Crippen LogP contribution in [0.15, 0.2) is 29.6 Å². The summed E-state index contributed by atoms with van der Waals surface area (Å²) in [6, 6.07) is 7.68. The standard InChI is InChI=1S/C14H13N3O3S/c1-2-20-10-5-3-4-9(6-10)11-8-21-14-16-15-12(17(11)14)7-13(18)19/h3-6,8H,2,7H2,1H3,(H,18,19). The third-order valence-electron chi connectivity index (χ3n) is 2.97. The van der Waals surface area contributed by atoms with Gasteiger partial charge in [-0.15, -0.1) is 21.5 Å². The van der Waals surface area contributed by atoms with Crippen molar-refractivity contribution in [1.82, 2.24) is 14.6 Å². The van der Waals surface area contributed by atoms with Gasteiger partial charge in [-0.05, 0) is 19.1 Å². The van der Waals surface area contributed by atoms with Gasteiger partial charge in [0.2, 0.25) is 4.96 Å². The maximum atomic E-state index is 10.9. The number of hydrogen-bond donors (Lipinski definition) is 1. The van der Waals surface area contributed by atoms with Gasteiger partial charge >= 0.3 is 5.97 Å². The van der Waals surface area contributed by atoms with Gasteiger partial charge in [-0.25, -0.2) is 0 Å². The lowest BCUT2D eigenvalue weighted by molar-refractivity contribution is -0.136. The minimum absolute atomic E-state index is 0.157. The van der Waals surface area contributed by atoms with E-state index in [9.17, 15) is 4.79 Å². The van der Waals surface area contributed by atoms with E-state index < -0.39 is 5.97 Å². The Morgan fingerprint density at radius 2 is 2.29 bits per heavy atom. The molecule has 3 aromatic rings. The first kappa shape index (κ1) is 13.6. The van der Waals surface area contributed by atoms with E-state index in [2.05, 4.69) is 10.2 Å². The number of aromatic nitrogens is 3. The summed E-state index contributed by atoms with van der Waals surface area (Å²) in [6.07, 6.45) is -0.157. The molecule has 0 aliphatic heterocycles. The molecule has 0 saturated heterocycles. The number of aliphatic carboxylic acids is 1. The van der Waals surface area contributed by atoms with E-state index in [4.69, 9.17) is 9.84 Å². The molecule has 7 heteroatoms. The number of carbonyl (C=O) groups is 1. The maximum absolute atomic E-state index is 10.9. The first-order valence-electron chi connectivity index (χ1n) is 6.45. The van der Waals surface area contributed by atoms with Crippen molar-refractivity contribution < 1.29 is 14.6 Å². The average molecular weight is 303 g/mol. The van der Waals surface area contributed by atoms with Crippen LogP contribution in [0.1, 0.15) is 12.7 Å². The smallest absolute Gasteiger partial charge is 0.311 e. The lowest BCUT2D eigenvalue weighted by atomic mass is 10.1. The van der Waals surface area contributed by atoms with Gasteiger partial charge < -0.3 is 9.84 Å². The molecule has 1 aromatic carbocycles. The molecule has 0 radical (unpaired) electrons. The van der Waals surface area contributed by atoms with Crippen molar-refractivity contribution in [3.8, 4) is 17.0 Å². The molecule has 6 nitrogen and oxygen atoms in total. The molecular weight excluding hydrogens is 290 g/mol. The summed E-state index contributed by atoms with van der Waals surface area (Å²) in [5, 5.41) is 18.9. The molecule has 0 aliphatic rings. The Morgan fingerprint density at radius 3 is 3.05 bits per heavy atom. The van der Waals surface area contributed by atoms with Crippen molar-refractivity contribution in [2.75, 3.05) is 6.61 Å². The van der Waals surface area contributed by atoms with Crippen molar-refractivity contribution in [1.29, 1.82) is 0 Å². The fraction of sp³-hybridized carbons (Fsp3) is 0.214. The Kier molecular flexibility index (Phi) is 3.57. The summed E-state index contributed by atoms with van der Waals surface area (Å²) in [5.41, 5.74) is 1.82. The van der Waals surface area contributed by atoms with E-state index in [1.807, 2.05) is 36.6 Å². The zero-order chi connectivity index (χ0) is 14.8. The Labute approximate surface area is 124 Å². The predicted octanol–water partition coefficient (Wildman–Crippen LogP) is 2.48. The fourth-order valence-corrected chi connectivity index (χ4v) is 2.99. The van der Waals surface area contributed by atoms with Crippen molar-refractivity contribution in [2.45, 2.75) is 13.3 Å². The Hall–Kier alpha value is -2.41. The van der Waals surface area contributed by atoms with Crippen molar-refractivity contribution in [3.63, 3.8) is 0 Å². The number of carboxylic acid groups (broad SMARTS) is 1. The Bertz CT molecular complexity index is 794. The lowest BCUT2D eigenvalue weighted by Crippen LogP contribution is -2.05. The van der Waals surface area contributed by atoms with Crippen LogP contribution in [0.25, 0.3) is 16.2 Å². The van der Waals surface area contributed by atoms with Crippen molar-refractivity contribution in [2.24, 2.45) is 0 Å². The van der Waals surface area contributed by atoms with Gasteiger partial charge in [0, 0.05) is 10.9 Å². The van der Waals surface area contributed by atoms with Crippen molar-refractivity contribution in [3.05, 3.63) is 35.5 Å². The summed E-state index contributed by atoms with van der Waals surface area (Å²) < 4.78 is 7.28. The molecule has 3 rings (SSSR count). The molecule has 0 bridgehead atoms. The van der Waals surface area contributed by atoms with Crippen LogP contribution in [-0.2, 0) is 11.2 Å². The van der Waals surface area contributed by atoms with E-state index in [1.165, 1.54) is 11.3 Å². The number of nitrogens with zero attached hydrogens (tertiary/aromatic N) is 3. The quantitative estimate of drug-likeness (QED) is 0.783. The van der Waals surface area contributed by atoms with E-state index in [0.717, 1.165) is 17.0 Å². The van der Waals surface area contributed by atoms with Crippen LogP contribution in [0.4, 0.5) is 0 Å². The fourth-order valence-electron chi connectivity index (χ4n) is 2.14. The summed E-state index contributed by atoms with van der Waals surface area (Å²) in [7, 11) is 0. The van der Waals surface area contributed by atoms with Gasteiger partial charge in [-0.3, -0.25) is 9.20 Å². The number of hydrogen-bond acceptors (Lipinski definition) is 5. The van der Waals surface area contributed by atoms with Gasteiger partial charge in [0.1, 0.15) is 18.0 Å². The molecule has 2 heterocycles. The molecule has 0 unspecified atom stereocenters. The van der Waals surface area contributed by atoms with Crippen LogP contribution in [0.3, 0.4) is 0 Å². The highest BCUT2D eigenvalue weighted by molar-refractivity contribution is 7.15. The van der Waals surface area contributed by atoms with Gasteiger partial charge in [0.25, 0.3) is 0 Å². The number of benzene rings is 1. The van der Waals surface area contributed by atoms with E-state index in [0.29, 0.717) is 17.4 Å². The third-order valence-corrected chi connectivity index (χ3v) is 3.78. The summed E-state index contributed by atoms with van der Waals surface area (Å²) in [6.45, 7) is 2.53. The van der Waals surface area contributed by atoms with Crippen molar-refractivity contribution >= 4 is 22.3 Å². The lowest BCUT2D eigenvalue weighted by Gasteiger charge is -2.06. The van der Waals surface area contributed by atoms with Crippen LogP contribution in [-0.4, -0.2) is 32.3 Å². The second kappa shape index (κ2) is 5.53. The summed E-state index contributed by atoms with van der Waals surface area (Å²) >= 11 is 1.43. The monoisotopic (exact) mass is 303 g/mol. The van der Waals surface area contributed by atoms with E-state index in [-0.39, 0.29) is 6.42 Å². The topological polar surface area (TPSA) is 76.7 Å². The van der Waals surface area contributed by atoms with Gasteiger partial charge in [0.05, 0.1) is 12.3 Å². The number of fused-ring (bicyclic) bond motifs is 1. The van der Waals surface area contributed by atoms with Crippen LogP contribution in [0.2, 0.25) is 0 Å². The van der Waals surface area contributed by atoms with Gasteiger partial charge in [0.15, 0.2) is 0 Å². The second-order valence-corrected chi connectivity index (χ2v) is 5.22. The molecule has 0 spiro atoms. The first-order valence-corrected chi connectivity index (χ1v) is 7.33. The number of carboxylic acids is 1. The average Bonchev–Trinajstić information content (AvgIpc) is 3.02. The van der Waals surface area contributed by atoms with Crippen LogP contribution < -0.4 is 4.74 Å². The minimum Gasteiger partial charge on any atom is -0.494 e. The zero-order valence-electron chi connectivity index (χ0n) is 11.3. The third kappa shape index (κ3) is 2.59. The molecular formula is C14H13N3O3S. The molecule has 21 heavy (non-hydrogen) atoms. The molecule has 1 N–H and O–H groups in total. The normalized spacial score (nSPS) is 10.9. The molecule has 0 saturated carbocycles. The highest BCUT2D eigenvalue weighted by Crippen LogP contribution is 2.29. The van der Waals surface area contributed by atoms with Crippen LogP contribution in [0.5, 0.6) is 5.75 Å². The molecule has 0 amide bonds. The molecule has 0 atom stereocenters. The molecule has 2 aromatic heterocycles. The SMILES string of the molecule is CCOc1cccc(-c2csc3nnc(CC(=O)O)n23)c1. The molecule has 0 aliphatic carbocycles. The molecule has 108 valence electrons. The van der Waals surface area contributed by atoms with E-state index >= 15 is 0 Å². The Morgan fingerprint density at radius 1 is 1.43 bits per heavy atom. The molecule has 0 fully saturated rings. The van der Waals surface area contributed by atoms with Gasteiger partial charge in [-0.2, -0.15) is 0 Å². The zero-order valence-corrected chi connectivity index (χ0v) is 12.1. The number of rotatable bonds is 5. The predicted molar refractivity (Wildman–Crippen MR) is 78.8 cm³/mol. The van der Waals surface area contributed by atoms with E-state index in [1.54, 1.807) is 4.40 Å². The highest BCUT2D eigenvalue weighted by Gasteiger charge is 2.15. The van der Waals surface area contributed by atoms with Crippen LogP contribution in [0, 0.1) is 0 Å². The Balaban J connectivity index is 2.09. The summed E-state index contributed by atoms with van der Waals surface area (Å²) in [4.78, 5) is 11.6. The van der Waals surface area contributed by atoms with Crippen LogP contribution >= 0.6 is 11.3 Å². The largest absolute Gasteiger partial charge is 0.494 e. The maximum Gasteiger partial charge on any atom is 0.311 e.